The van der Waals surface area contributed by atoms with Gasteiger partial charge in [0.05, 0.1) is 14.2 Å². The Morgan fingerprint density at radius 1 is 0.868 bits per heavy atom. The minimum Gasteiger partial charge on any atom is -0.496 e. The van der Waals surface area contributed by atoms with Crippen LogP contribution < -0.4 is 19.5 Å². The molecule has 38 heavy (non-hydrogen) atoms. The topological polar surface area (TPSA) is 77.1 Å². The quantitative estimate of drug-likeness (QED) is 0.392. The lowest BCUT2D eigenvalue weighted by molar-refractivity contribution is -0.143. The van der Waals surface area contributed by atoms with Crippen LogP contribution >= 0.6 is 0 Å². The Bertz CT molecular complexity index is 1190. The van der Waals surface area contributed by atoms with Crippen molar-refractivity contribution in [3.63, 3.8) is 0 Å². The molecule has 3 rings (SSSR count). The van der Waals surface area contributed by atoms with Gasteiger partial charge in [0.1, 0.15) is 29.1 Å². The van der Waals surface area contributed by atoms with Crippen LogP contribution in [0.2, 0.25) is 0 Å². The largest absolute Gasteiger partial charge is 0.496 e. The third-order valence-corrected chi connectivity index (χ3v) is 5.72. The highest BCUT2D eigenvalue weighted by atomic mass is 19.1. The Balaban J connectivity index is 1.93. The molecule has 0 saturated heterocycles. The Hall–Kier alpha value is -4.07. The van der Waals surface area contributed by atoms with Crippen LogP contribution in [0.4, 0.5) is 4.39 Å². The molecule has 7 nitrogen and oxygen atoms in total. The van der Waals surface area contributed by atoms with E-state index in [1.807, 2.05) is 51.1 Å². The van der Waals surface area contributed by atoms with E-state index in [0.717, 1.165) is 5.56 Å². The summed E-state index contributed by atoms with van der Waals surface area (Å²) in [5.74, 6) is 0.340. The summed E-state index contributed by atoms with van der Waals surface area (Å²) >= 11 is 0. The molecule has 0 bridgehead atoms. The van der Waals surface area contributed by atoms with Gasteiger partial charge in [0.25, 0.3) is 5.91 Å². The summed E-state index contributed by atoms with van der Waals surface area (Å²) in [7, 11) is 3.05. The van der Waals surface area contributed by atoms with E-state index in [0.29, 0.717) is 29.2 Å². The van der Waals surface area contributed by atoms with Gasteiger partial charge in [-0.15, -0.1) is 0 Å². The number of nitrogens with zero attached hydrogens (tertiary/aromatic N) is 1. The highest BCUT2D eigenvalue weighted by Crippen LogP contribution is 2.27. The second-order valence-corrected chi connectivity index (χ2v) is 9.93. The summed E-state index contributed by atoms with van der Waals surface area (Å²) in [5.41, 5.74) is 1.07. The maximum absolute atomic E-state index is 13.7. The summed E-state index contributed by atoms with van der Waals surface area (Å²) in [6.45, 7) is 5.42. The van der Waals surface area contributed by atoms with E-state index in [1.54, 1.807) is 30.3 Å². The first-order chi connectivity index (χ1) is 18.1. The number of nitrogens with one attached hydrogen (secondary N) is 1. The fourth-order valence-corrected chi connectivity index (χ4v) is 3.89. The second-order valence-electron chi connectivity index (χ2n) is 9.93. The summed E-state index contributed by atoms with van der Waals surface area (Å²) in [5, 5.41) is 3.01. The highest BCUT2D eigenvalue weighted by molar-refractivity contribution is 5.89. The lowest BCUT2D eigenvalue weighted by atomic mass is 10.0. The molecule has 2 amide bonds. The number of halogens is 1. The number of hydrogen-bond acceptors (Lipinski definition) is 5. The summed E-state index contributed by atoms with van der Waals surface area (Å²) < 4.78 is 30.0. The van der Waals surface area contributed by atoms with Gasteiger partial charge < -0.3 is 24.4 Å². The van der Waals surface area contributed by atoms with Crippen molar-refractivity contribution in [3.8, 4) is 17.2 Å². The third kappa shape index (κ3) is 8.50. The van der Waals surface area contributed by atoms with E-state index < -0.39 is 17.5 Å². The van der Waals surface area contributed by atoms with Crippen LogP contribution in [0, 0.1) is 5.82 Å². The molecule has 0 radical (unpaired) electrons. The van der Waals surface area contributed by atoms with Crippen LogP contribution in [-0.2, 0) is 22.6 Å². The second kappa shape index (κ2) is 12.9. The van der Waals surface area contributed by atoms with Crippen LogP contribution in [0.1, 0.15) is 31.9 Å². The molecule has 0 unspecified atom stereocenters. The summed E-state index contributed by atoms with van der Waals surface area (Å²) in [6.07, 6.45) is 0.294. The van der Waals surface area contributed by atoms with E-state index in [2.05, 4.69) is 5.32 Å². The van der Waals surface area contributed by atoms with Crippen LogP contribution in [0.15, 0.2) is 72.8 Å². The molecule has 1 N–H and O–H groups in total. The van der Waals surface area contributed by atoms with E-state index in [-0.39, 0.29) is 24.9 Å². The molecule has 1 atom stereocenters. The lowest BCUT2D eigenvalue weighted by Crippen LogP contribution is -2.55. The van der Waals surface area contributed by atoms with Crippen molar-refractivity contribution in [2.24, 2.45) is 0 Å². The Labute approximate surface area is 223 Å². The lowest BCUT2D eigenvalue weighted by Gasteiger charge is -2.33. The number of rotatable bonds is 11. The molecule has 0 aliphatic heterocycles. The average molecular weight is 523 g/mol. The van der Waals surface area contributed by atoms with Crippen molar-refractivity contribution in [2.45, 2.75) is 45.3 Å². The minimum absolute atomic E-state index is 0.0962. The molecular formula is C30H35FN2O5. The monoisotopic (exact) mass is 522 g/mol. The van der Waals surface area contributed by atoms with E-state index in [9.17, 15) is 14.0 Å². The zero-order chi connectivity index (χ0) is 27.7. The first kappa shape index (κ1) is 28.5. The van der Waals surface area contributed by atoms with Crippen LogP contribution in [0.5, 0.6) is 17.2 Å². The maximum Gasteiger partial charge on any atom is 0.261 e. The molecule has 202 valence electrons. The smallest absolute Gasteiger partial charge is 0.261 e. The van der Waals surface area contributed by atoms with Crippen molar-refractivity contribution in [2.75, 3.05) is 20.8 Å². The number of hydrogen-bond donors (Lipinski definition) is 1. The number of carbonyl (C=O) groups excluding carboxylic acids is 2. The molecule has 3 aromatic rings. The van der Waals surface area contributed by atoms with Crippen molar-refractivity contribution in [3.05, 3.63) is 89.7 Å². The number of carbonyl (C=O) groups is 2. The number of amides is 2. The normalized spacial score (nSPS) is 11.8. The van der Waals surface area contributed by atoms with Crippen molar-refractivity contribution < 1.29 is 28.2 Å². The molecule has 0 saturated carbocycles. The predicted octanol–water partition coefficient (Wildman–Crippen LogP) is 4.78. The van der Waals surface area contributed by atoms with Gasteiger partial charge in [-0.1, -0.05) is 42.5 Å². The molecule has 8 heteroatoms. The number of methoxy groups -OCH3 is 2. The molecular weight excluding hydrogens is 487 g/mol. The molecule has 0 fully saturated rings. The van der Waals surface area contributed by atoms with Gasteiger partial charge in [-0.3, -0.25) is 9.59 Å². The van der Waals surface area contributed by atoms with Crippen molar-refractivity contribution >= 4 is 11.8 Å². The Morgan fingerprint density at radius 2 is 1.45 bits per heavy atom. The van der Waals surface area contributed by atoms with Crippen LogP contribution in [0.25, 0.3) is 0 Å². The standard InChI is InChI=1S/C30H35FN2O5/c1-30(2,3)32-29(35)27(15-21-9-7-6-8-10-21)33(19-22-11-13-23(31)14-12-22)28(34)20-38-26-17-24(36-4)16-25(18-26)37-5/h6-14,16-18,27H,15,19-20H2,1-5H3,(H,32,35)/t27-/m0/s1. The Kier molecular flexibility index (Phi) is 9.71. The van der Waals surface area contributed by atoms with Gasteiger partial charge in [-0.25, -0.2) is 4.39 Å². The molecule has 0 aromatic heterocycles. The van der Waals surface area contributed by atoms with Crippen LogP contribution in [-0.4, -0.2) is 49.1 Å². The van der Waals surface area contributed by atoms with Gasteiger partial charge in [0.15, 0.2) is 6.61 Å². The summed E-state index contributed by atoms with van der Waals surface area (Å²) in [6, 6.07) is 19.5. The third-order valence-electron chi connectivity index (χ3n) is 5.72. The van der Waals surface area contributed by atoms with E-state index in [4.69, 9.17) is 14.2 Å². The molecule has 0 aliphatic carbocycles. The number of ether oxygens (including phenoxy) is 3. The SMILES string of the molecule is COc1cc(OC)cc(OCC(=O)N(Cc2ccc(F)cc2)[C@@H](Cc2ccccc2)C(=O)NC(C)(C)C)c1. The van der Waals surface area contributed by atoms with Gasteiger partial charge in [0.2, 0.25) is 5.91 Å². The predicted molar refractivity (Wildman–Crippen MR) is 144 cm³/mol. The fraction of sp³-hybridized carbons (Fsp3) is 0.333. The zero-order valence-electron chi connectivity index (χ0n) is 22.5. The highest BCUT2D eigenvalue weighted by Gasteiger charge is 2.32. The zero-order valence-corrected chi connectivity index (χ0v) is 22.5. The Morgan fingerprint density at radius 3 is 2.00 bits per heavy atom. The van der Waals surface area contributed by atoms with E-state index >= 15 is 0 Å². The van der Waals surface area contributed by atoms with Gasteiger partial charge in [-0.2, -0.15) is 0 Å². The van der Waals surface area contributed by atoms with Crippen LogP contribution in [0.3, 0.4) is 0 Å². The van der Waals surface area contributed by atoms with Gasteiger partial charge in [0, 0.05) is 36.7 Å². The minimum atomic E-state index is -0.836. The van der Waals surface area contributed by atoms with Gasteiger partial charge >= 0.3 is 0 Å². The van der Waals surface area contributed by atoms with E-state index in [1.165, 1.54) is 31.3 Å². The van der Waals surface area contributed by atoms with Crippen molar-refractivity contribution in [1.82, 2.24) is 10.2 Å². The first-order valence-corrected chi connectivity index (χ1v) is 12.3. The molecule has 3 aromatic carbocycles. The summed E-state index contributed by atoms with van der Waals surface area (Å²) in [4.78, 5) is 28.7. The average Bonchev–Trinajstić information content (AvgIpc) is 2.89. The molecule has 0 spiro atoms. The molecule has 0 aliphatic rings. The number of benzene rings is 3. The molecule has 0 heterocycles. The van der Waals surface area contributed by atoms with Crippen molar-refractivity contribution in [1.29, 1.82) is 0 Å². The first-order valence-electron chi connectivity index (χ1n) is 12.3. The maximum atomic E-state index is 13.7. The van der Waals surface area contributed by atoms with Gasteiger partial charge in [-0.05, 0) is 44.0 Å². The fourth-order valence-electron chi connectivity index (χ4n) is 3.89.